The van der Waals surface area contributed by atoms with Gasteiger partial charge in [0.05, 0.1) is 6.61 Å². The van der Waals surface area contributed by atoms with E-state index in [4.69, 9.17) is 4.74 Å². The minimum absolute atomic E-state index is 0.555. The van der Waals surface area contributed by atoms with E-state index in [-0.39, 0.29) is 0 Å². The molecular formula is C13H28N2O. The zero-order chi connectivity index (χ0) is 11.8. The fraction of sp³-hybridized carbons (Fsp3) is 1.00. The molecule has 1 rings (SSSR count). The normalized spacial score (nSPS) is 25.3. The third-order valence-corrected chi connectivity index (χ3v) is 3.33. The molecule has 2 unspecified atom stereocenters. The first kappa shape index (κ1) is 13.9. The minimum atomic E-state index is 0.555. The van der Waals surface area contributed by atoms with E-state index in [0.29, 0.717) is 12.1 Å². The van der Waals surface area contributed by atoms with Crippen LogP contribution in [-0.2, 0) is 4.74 Å². The summed E-state index contributed by atoms with van der Waals surface area (Å²) in [5.74, 6) is 0. The molecule has 1 saturated heterocycles. The summed E-state index contributed by atoms with van der Waals surface area (Å²) in [5.41, 5.74) is 0. The van der Waals surface area contributed by atoms with Crippen molar-refractivity contribution in [3.63, 3.8) is 0 Å². The molecule has 1 fully saturated rings. The molecule has 0 saturated carbocycles. The van der Waals surface area contributed by atoms with Crippen LogP contribution >= 0.6 is 0 Å². The summed E-state index contributed by atoms with van der Waals surface area (Å²) < 4.78 is 5.52. The van der Waals surface area contributed by atoms with Gasteiger partial charge in [-0.1, -0.05) is 13.3 Å². The van der Waals surface area contributed by atoms with Crippen molar-refractivity contribution in [2.24, 2.45) is 0 Å². The van der Waals surface area contributed by atoms with Gasteiger partial charge >= 0.3 is 0 Å². The summed E-state index contributed by atoms with van der Waals surface area (Å²) in [6.45, 7) is 11.9. The predicted octanol–water partition coefficient (Wildman–Crippen LogP) is 1.88. The van der Waals surface area contributed by atoms with E-state index in [2.05, 4.69) is 31.0 Å². The lowest BCUT2D eigenvalue weighted by Gasteiger charge is -2.29. The van der Waals surface area contributed by atoms with Gasteiger partial charge in [-0.2, -0.15) is 0 Å². The van der Waals surface area contributed by atoms with Gasteiger partial charge in [0.2, 0.25) is 0 Å². The summed E-state index contributed by atoms with van der Waals surface area (Å²) in [6.07, 6.45) is 3.82. The summed E-state index contributed by atoms with van der Waals surface area (Å²) >= 11 is 0. The molecule has 2 atom stereocenters. The number of hydrogen-bond donors (Lipinski definition) is 1. The fourth-order valence-corrected chi connectivity index (χ4v) is 2.36. The van der Waals surface area contributed by atoms with Gasteiger partial charge in [0.1, 0.15) is 0 Å². The number of rotatable bonds is 6. The second-order valence-corrected chi connectivity index (χ2v) is 4.80. The largest absolute Gasteiger partial charge is 0.380 e. The lowest BCUT2D eigenvalue weighted by Crippen LogP contribution is -2.43. The van der Waals surface area contributed by atoms with Crippen LogP contribution < -0.4 is 5.32 Å². The van der Waals surface area contributed by atoms with E-state index in [1.807, 2.05) is 0 Å². The molecule has 1 aliphatic heterocycles. The Bertz CT molecular complexity index is 175. The summed E-state index contributed by atoms with van der Waals surface area (Å²) in [6, 6.07) is 1.23. The standard InChI is InChI=1S/C13H28N2O/c1-4-7-13-10-15(9-6-8-14-13)12(3)11-16-5-2/h12-14H,4-11H2,1-3H3. The second-order valence-electron chi connectivity index (χ2n) is 4.80. The Morgan fingerprint density at radius 1 is 1.44 bits per heavy atom. The molecule has 3 heteroatoms. The summed E-state index contributed by atoms with van der Waals surface area (Å²) in [4.78, 5) is 2.58. The molecule has 0 amide bonds. The van der Waals surface area contributed by atoms with E-state index in [1.165, 1.54) is 38.9 Å². The van der Waals surface area contributed by atoms with Gasteiger partial charge < -0.3 is 10.1 Å². The van der Waals surface area contributed by atoms with Crippen molar-refractivity contribution in [3.8, 4) is 0 Å². The quantitative estimate of drug-likeness (QED) is 0.751. The monoisotopic (exact) mass is 228 g/mol. The van der Waals surface area contributed by atoms with Gasteiger partial charge in [0.15, 0.2) is 0 Å². The van der Waals surface area contributed by atoms with E-state index < -0.39 is 0 Å². The van der Waals surface area contributed by atoms with E-state index in [9.17, 15) is 0 Å². The number of ether oxygens (including phenoxy) is 1. The Kier molecular flexibility index (Phi) is 7.01. The van der Waals surface area contributed by atoms with Crippen molar-refractivity contribution in [3.05, 3.63) is 0 Å². The van der Waals surface area contributed by atoms with Crippen LogP contribution in [0.4, 0.5) is 0 Å². The first-order valence-electron chi connectivity index (χ1n) is 6.83. The molecule has 0 aliphatic carbocycles. The molecule has 0 aromatic carbocycles. The van der Waals surface area contributed by atoms with Crippen molar-refractivity contribution in [1.29, 1.82) is 0 Å². The molecule has 16 heavy (non-hydrogen) atoms. The van der Waals surface area contributed by atoms with Crippen molar-refractivity contribution in [2.75, 3.05) is 32.8 Å². The number of nitrogens with zero attached hydrogens (tertiary/aromatic N) is 1. The van der Waals surface area contributed by atoms with Crippen LogP contribution in [0, 0.1) is 0 Å². The maximum absolute atomic E-state index is 5.52. The molecule has 1 aliphatic rings. The third kappa shape index (κ3) is 4.81. The van der Waals surface area contributed by atoms with E-state index in [0.717, 1.165) is 13.2 Å². The highest BCUT2D eigenvalue weighted by Crippen LogP contribution is 2.09. The topological polar surface area (TPSA) is 24.5 Å². The van der Waals surface area contributed by atoms with Crippen molar-refractivity contribution < 1.29 is 4.74 Å². The molecular weight excluding hydrogens is 200 g/mol. The Morgan fingerprint density at radius 2 is 2.25 bits per heavy atom. The predicted molar refractivity (Wildman–Crippen MR) is 68.8 cm³/mol. The molecule has 1 N–H and O–H groups in total. The van der Waals surface area contributed by atoms with Crippen LogP contribution in [0.2, 0.25) is 0 Å². The molecule has 0 bridgehead atoms. The first-order chi connectivity index (χ1) is 7.77. The average Bonchev–Trinajstić information content (AvgIpc) is 2.52. The van der Waals surface area contributed by atoms with Gasteiger partial charge in [-0.05, 0) is 39.8 Å². The lowest BCUT2D eigenvalue weighted by molar-refractivity contribution is 0.0721. The highest BCUT2D eigenvalue weighted by Gasteiger charge is 2.20. The van der Waals surface area contributed by atoms with Crippen LogP contribution in [0.25, 0.3) is 0 Å². The maximum Gasteiger partial charge on any atom is 0.0619 e. The maximum atomic E-state index is 5.52. The molecule has 3 nitrogen and oxygen atoms in total. The van der Waals surface area contributed by atoms with Crippen molar-refractivity contribution >= 4 is 0 Å². The molecule has 1 heterocycles. The Labute approximate surface area is 101 Å². The van der Waals surface area contributed by atoms with Gasteiger partial charge in [-0.25, -0.2) is 0 Å². The van der Waals surface area contributed by atoms with Crippen LogP contribution in [0.15, 0.2) is 0 Å². The van der Waals surface area contributed by atoms with Gasteiger partial charge in [0.25, 0.3) is 0 Å². The Hall–Kier alpha value is -0.120. The number of hydrogen-bond acceptors (Lipinski definition) is 3. The van der Waals surface area contributed by atoms with E-state index in [1.54, 1.807) is 0 Å². The van der Waals surface area contributed by atoms with Crippen LogP contribution in [-0.4, -0.2) is 49.8 Å². The summed E-state index contributed by atoms with van der Waals surface area (Å²) in [7, 11) is 0. The Balaban J connectivity index is 2.37. The average molecular weight is 228 g/mol. The fourth-order valence-electron chi connectivity index (χ4n) is 2.36. The first-order valence-corrected chi connectivity index (χ1v) is 6.83. The van der Waals surface area contributed by atoms with Crippen LogP contribution in [0.1, 0.15) is 40.0 Å². The van der Waals surface area contributed by atoms with Crippen LogP contribution in [0.5, 0.6) is 0 Å². The number of nitrogens with one attached hydrogen (secondary N) is 1. The lowest BCUT2D eigenvalue weighted by atomic mass is 10.1. The van der Waals surface area contributed by atoms with Crippen molar-refractivity contribution in [2.45, 2.75) is 52.1 Å². The zero-order valence-corrected chi connectivity index (χ0v) is 11.2. The smallest absolute Gasteiger partial charge is 0.0619 e. The highest BCUT2D eigenvalue weighted by atomic mass is 16.5. The molecule has 0 radical (unpaired) electrons. The highest BCUT2D eigenvalue weighted by molar-refractivity contribution is 4.79. The Morgan fingerprint density at radius 3 is 2.94 bits per heavy atom. The van der Waals surface area contributed by atoms with Crippen LogP contribution in [0.3, 0.4) is 0 Å². The van der Waals surface area contributed by atoms with E-state index >= 15 is 0 Å². The zero-order valence-electron chi connectivity index (χ0n) is 11.2. The third-order valence-electron chi connectivity index (χ3n) is 3.33. The van der Waals surface area contributed by atoms with Gasteiger partial charge in [0, 0.05) is 25.2 Å². The molecule has 0 aromatic rings. The van der Waals surface area contributed by atoms with Gasteiger partial charge in [-0.15, -0.1) is 0 Å². The second kappa shape index (κ2) is 8.04. The molecule has 0 spiro atoms. The summed E-state index contributed by atoms with van der Waals surface area (Å²) in [5, 5.41) is 3.64. The molecule has 96 valence electrons. The van der Waals surface area contributed by atoms with Gasteiger partial charge in [-0.3, -0.25) is 4.90 Å². The SMILES string of the molecule is CCCC1CN(C(C)COCC)CCCN1. The van der Waals surface area contributed by atoms with Crippen molar-refractivity contribution in [1.82, 2.24) is 10.2 Å². The molecule has 0 aromatic heterocycles. The minimum Gasteiger partial charge on any atom is -0.380 e.